The van der Waals surface area contributed by atoms with Crippen LogP contribution in [-0.4, -0.2) is 33.3 Å². The molecule has 110 valence electrons. The molecule has 1 aliphatic heterocycles. The van der Waals surface area contributed by atoms with E-state index in [-0.39, 0.29) is 27.3 Å². The monoisotopic (exact) mass is 314 g/mol. The fraction of sp³-hybridized carbons (Fsp3) is 0.583. The molecule has 1 saturated heterocycles. The first-order valence-corrected chi connectivity index (χ1v) is 8.98. The van der Waals surface area contributed by atoms with Gasteiger partial charge in [0.05, 0.1) is 11.4 Å². The summed E-state index contributed by atoms with van der Waals surface area (Å²) >= 11 is 1.13. The summed E-state index contributed by atoms with van der Waals surface area (Å²) in [6, 6.07) is 2.18. The summed E-state index contributed by atoms with van der Waals surface area (Å²) < 4.78 is 24.4. The highest BCUT2D eigenvalue weighted by molar-refractivity contribution is 7.91. The van der Waals surface area contributed by atoms with Gasteiger partial charge in [0.1, 0.15) is 20.8 Å². The summed E-state index contributed by atoms with van der Waals surface area (Å²) in [5, 5.41) is 16.1. The molecule has 1 aliphatic rings. The van der Waals surface area contributed by atoms with Crippen LogP contribution in [0.3, 0.4) is 0 Å². The third kappa shape index (κ3) is 2.90. The largest absolute Gasteiger partial charge is 0.396 e. The molecule has 2 rings (SSSR count). The average Bonchev–Trinajstić information content (AvgIpc) is 2.76. The molecule has 1 aromatic rings. The Bertz CT molecular complexity index is 625. The van der Waals surface area contributed by atoms with Gasteiger partial charge in [-0.3, -0.25) is 0 Å². The Hall–Kier alpha value is -1.30. The van der Waals surface area contributed by atoms with Crippen LogP contribution in [0.1, 0.15) is 24.6 Å². The fourth-order valence-corrected chi connectivity index (χ4v) is 4.74. The van der Waals surface area contributed by atoms with Crippen LogP contribution >= 0.6 is 11.3 Å². The van der Waals surface area contributed by atoms with Crippen molar-refractivity contribution in [1.29, 1.82) is 5.26 Å². The molecule has 1 fully saturated rings. The summed E-state index contributed by atoms with van der Waals surface area (Å²) in [5.41, 5.74) is 5.92. The molecule has 0 saturated carbocycles. The number of hydrogen-bond donors (Lipinski definition) is 3. The third-order valence-electron chi connectivity index (χ3n) is 3.37. The van der Waals surface area contributed by atoms with Gasteiger partial charge in [-0.2, -0.15) is 5.26 Å². The minimum Gasteiger partial charge on any atom is -0.396 e. The fourth-order valence-electron chi connectivity index (χ4n) is 2.21. The Kier molecular flexibility index (Phi) is 4.52. The molecule has 4 N–H and O–H groups in total. The number of rotatable bonds is 4. The maximum Gasteiger partial charge on any atom is 0.183 e. The number of anilines is 2. The molecule has 20 heavy (non-hydrogen) atoms. The van der Waals surface area contributed by atoms with Crippen molar-refractivity contribution in [3.05, 3.63) is 4.88 Å². The molecule has 0 unspecified atom stereocenters. The number of piperidine rings is 1. The number of nitrogens with zero attached hydrogens (tertiary/aromatic N) is 1. The number of nitrogens with two attached hydrogens (primary N) is 1. The lowest BCUT2D eigenvalue weighted by Crippen LogP contribution is -2.35. The van der Waals surface area contributed by atoms with Crippen molar-refractivity contribution in [1.82, 2.24) is 5.32 Å². The second-order valence-corrected chi connectivity index (χ2v) is 7.92. The lowest BCUT2D eigenvalue weighted by Gasteiger charge is -2.24. The van der Waals surface area contributed by atoms with Crippen LogP contribution in [0.25, 0.3) is 0 Å². The van der Waals surface area contributed by atoms with Crippen LogP contribution in [0.4, 0.5) is 10.7 Å². The van der Waals surface area contributed by atoms with E-state index >= 15 is 0 Å². The highest BCUT2D eigenvalue weighted by atomic mass is 32.2. The first-order valence-electron chi connectivity index (χ1n) is 6.52. The van der Waals surface area contributed by atoms with Crippen LogP contribution in [-0.2, 0) is 9.84 Å². The molecule has 0 amide bonds. The molecule has 0 radical (unpaired) electrons. The van der Waals surface area contributed by atoms with E-state index in [2.05, 4.69) is 10.6 Å². The second kappa shape index (κ2) is 5.99. The number of nitrogens with one attached hydrogen (secondary N) is 2. The zero-order valence-electron chi connectivity index (χ0n) is 11.3. The Morgan fingerprint density at radius 3 is 2.70 bits per heavy atom. The van der Waals surface area contributed by atoms with Gasteiger partial charge in [0.15, 0.2) is 9.84 Å². The molecule has 2 heterocycles. The SMILES string of the molecule is CCS(=O)(=O)c1c(NC2CCNCC2)sc(C#N)c1N. The van der Waals surface area contributed by atoms with Gasteiger partial charge in [0.2, 0.25) is 0 Å². The van der Waals surface area contributed by atoms with Crippen molar-refractivity contribution in [2.75, 3.05) is 29.9 Å². The van der Waals surface area contributed by atoms with E-state index < -0.39 is 9.84 Å². The van der Waals surface area contributed by atoms with E-state index in [1.807, 2.05) is 6.07 Å². The molecule has 0 spiro atoms. The molecular formula is C12H18N4O2S2. The maximum absolute atomic E-state index is 12.2. The van der Waals surface area contributed by atoms with Crippen molar-refractivity contribution in [3.8, 4) is 6.07 Å². The van der Waals surface area contributed by atoms with Crippen LogP contribution in [0, 0.1) is 11.3 Å². The van der Waals surface area contributed by atoms with Crippen molar-refractivity contribution in [2.24, 2.45) is 0 Å². The van der Waals surface area contributed by atoms with Gasteiger partial charge in [0, 0.05) is 6.04 Å². The van der Waals surface area contributed by atoms with Crippen molar-refractivity contribution < 1.29 is 8.42 Å². The van der Waals surface area contributed by atoms with Gasteiger partial charge in [-0.05, 0) is 25.9 Å². The van der Waals surface area contributed by atoms with Gasteiger partial charge < -0.3 is 16.4 Å². The third-order valence-corrected chi connectivity index (χ3v) is 6.34. The molecule has 0 atom stereocenters. The molecule has 6 nitrogen and oxygen atoms in total. The smallest absolute Gasteiger partial charge is 0.183 e. The summed E-state index contributed by atoms with van der Waals surface area (Å²) in [4.78, 5) is 0.355. The van der Waals surface area contributed by atoms with Gasteiger partial charge in [-0.1, -0.05) is 6.92 Å². The van der Waals surface area contributed by atoms with E-state index in [1.165, 1.54) is 0 Å². The van der Waals surface area contributed by atoms with Gasteiger partial charge in [-0.25, -0.2) is 8.42 Å². The quantitative estimate of drug-likeness (QED) is 0.769. The van der Waals surface area contributed by atoms with E-state index in [9.17, 15) is 8.42 Å². The lowest BCUT2D eigenvalue weighted by molar-refractivity contribution is 0.479. The highest BCUT2D eigenvalue weighted by Gasteiger charge is 2.27. The topological polar surface area (TPSA) is 108 Å². The number of nitriles is 1. The van der Waals surface area contributed by atoms with Crippen LogP contribution in [0.5, 0.6) is 0 Å². The van der Waals surface area contributed by atoms with Gasteiger partial charge >= 0.3 is 0 Å². The van der Waals surface area contributed by atoms with Crippen molar-refractivity contribution in [2.45, 2.75) is 30.7 Å². The maximum atomic E-state index is 12.2. The first-order chi connectivity index (χ1) is 9.49. The summed E-state index contributed by atoms with van der Waals surface area (Å²) in [5.74, 6) is -0.0281. The summed E-state index contributed by atoms with van der Waals surface area (Å²) in [6.45, 7) is 3.38. The van der Waals surface area contributed by atoms with E-state index in [0.717, 1.165) is 37.3 Å². The van der Waals surface area contributed by atoms with E-state index in [4.69, 9.17) is 11.0 Å². The molecule has 8 heteroatoms. The van der Waals surface area contributed by atoms with Crippen LogP contribution in [0.15, 0.2) is 4.90 Å². The standard InChI is InChI=1S/C12H18N4O2S2/c1-2-20(17,18)11-10(14)9(7-13)19-12(11)16-8-3-5-15-6-4-8/h8,15-16H,2-6,14H2,1H3. The predicted molar refractivity (Wildman–Crippen MR) is 80.7 cm³/mol. The Labute approximate surface area is 122 Å². The minimum atomic E-state index is -3.44. The molecule has 0 bridgehead atoms. The lowest BCUT2D eigenvalue weighted by atomic mass is 10.1. The number of sulfone groups is 1. The molecule has 0 aromatic carbocycles. The van der Waals surface area contributed by atoms with Gasteiger partial charge in [0.25, 0.3) is 0 Å². The first kappa shape index (κ1) is 15.1. The molecule has 0 aliphatic carbocycles. The van der Waals surface area contributed by atoms with Crippen molar-refractivity contribution in [3.63, 3.8) is 0 Å². The van der Waals surface area contributed by atoms with Crippen molar-refractivity contribution >= 4 is 31.9 Å². The Morgan fingerprint density at radius 2 is 2.15 bits per heavy atom. The zero-order chi connectivity index (χ0) is 14.8. The van der Waals surface area contributed by atoms with Crippen LogP contribution < -0.4 is 16.4 Å². The van der Waals surface area contributed by atoms with E-state index in [1.54, 1.807) is 6.92 Å². The number of nitrogen functional groups attached to an aromatic ring is 1. The summed E-state index contributed by atoms with van der Waals surface area (Å²) in [7, 11) is -3.44. The summed E-state index contributed by atoms with van der Waals surface area (Å²) in [6.07, 6.45) is 1.84. The number of thiophene rings is 1. The normalized spacial score (nSPS) is 16.8. The Balaban J connectivity index is 2.39. The Morgan fingerprint density at radius 1 is 1.50 bits per heavy atom. The minimum absolute atomic E-state index is 0.0281. The molecular weight excluding hydrogens is 296 g/mol. The zero-order valence-corrected chi connectivity index (χ0v) is 12.9. The predicted octanol–water partition coefficient (Wildman–Crippen LogP) is 1.16. The average molecular weight is 314 g/mol. The number of hydrogen-bond acceptors (Lipinski definition) is 7. The second-order valence-electron chi connectivity index (χ2n) is 4.69. The van der Waals surface area contributed by atoms with Gasteiger partial charge in [-0.15, -0.1) is 11.3 Å². The highest BCUT2D eigenvalue weighted by Crippen LogP contribution is 2.40. The molecule has 1 aromatic heterocycles. The van der Waals surface area contributed by atoms with Crippen LogP contribution in [0.2, 0.25) is 0 Å². The van der Waals surface area contributed by atoms with E-state index in [0.29, 0.717) is 5.00 Å².